The quantitative estimate of drug-likeness (QED) is 0.281. The van der Waals surface area contributed by atoms with E-state index >= 15 is 0 Å². The van der Waals surface area contributed by atoms with Gasteiger partial charge in [0, 0.05) is 5.30 Å². The number of hydrogen-bond donors (Lipinski definition) is 0. The Morgan fingerprint density at radius 1 is 0.781 bits per heavy atom. The molecule has 0 bridgehead atoms. The lowest BCUT2D eigenvalue weighted by molar-refractivity contribution is 0.103. The predicted molar refractivity (Wildman–Crippen MR) is 131 cm³/mol. The highest BCUT2D eigenvalue weighted by molar-refractivity contribution is 9.10. The average Bonchev–Trinajstić information content (AvgIpc) is 2.78. The highest BCUT2D eigenvalue weighted by Crippen LogP contribution is 2.56. The van der Waals surface area contributed by atoms with Crippen molar-refractivity contribution in [3.8, 4) is 11.5 Å². The summed E-state index contributed by atoms with van der Waals surface area (Å²) in [4.78, 5) is 27.7. The number of rotatable bonds is 7. The smallest absolute Gasteiger partial charge is 0.249 e. The molecule has 0 fully saturated rings. The van der Waals surface area contributed by atoms with E-state index in [0.29, 0.717) is 4.47 Å². The Labute approximate surface area is 208 Å². The van der Waals surface area contributed by atoms with Gasteiger partial charge in [0.1, 0.15) is 11.3 Å². The lowest BCUT2D eigenvalue weighted by atomic mass is 10.2. The molecule has 0 saturated heterocycles. The maximum Gasteiger partial charge on any atom is 0.249 e. The fourth-order valence-corrected chi connectivity index (χ4v) is 7.18. The van der Waals surface area contributed by atoms with Crippen molar-refractivity contribution in [3.63, 3.8) is 0 Å². The summed E-state index contributed by atoms with van der Waals surface area (Å²) in [5.74, 6) is -0.0589. The minimum Gasteiger partial charge on any atom is -0.495 e. The Morgan fingerprint density at radius 2 is 1.31 bits per heavy atom. The van der Waals surface area contributed by atoms with Crippen LogP contribution in [0, 0.1) is 0 Å². The molecule has 0 spiro atoms. The molecule has 10 heteroatoms. The first-order valence-electron chi connectivity index (χ1n) is 8.97. The molecule has 0 heterocycles. The van der Waals surface area contributed by atoms with Crippen molar-refractivity contribution >= 4 is 74.2 Å². The van der Waals surface area contributed by atoms with E-state index in [0.717, 1.165) is 0 Å². The van der Waals surface area contributed by atoms with Gasteiger partial charge in [-0.3, -0.25) is 9.59 Å². The second kappa shape index (κ2) is 9.98. The molecule has 0 aliphatic heterocycles. The molecule has 5 nitrogen and oxygen atoms in total. The van der Waals surface area contributed by atoms with Gasteiger partial charge in [-0.25, -0.2) is 0 Å². The third kappa shape index (κ3) is 4.23. The van der Waals surface area contributed by atoms with Crippen LogP contribution in [0.15, 0.2) is 59.1 Å². The van der Waals surface area contributed by atoms with Crippen molar-refractivity contribution in [1.29, 1.82) is 0 Å². The molecule has 1 unspecified atom stereocenters. The Morgan fingerprint density at radius 3 is 1.84 bits per heavy atom. The predicted octanol–water partition coefficient (Wildman–Crippen LogP) is 7.10. The van der Waals surface area contributed by atoms with E-state index in [1.807, 2.05) is 0 Å². The molecule has 0 aliphatic rings. The molecular weight excluding hydrogens is 561 g/mol. The van der Waals surface area contributed by atoms with Crippen LogP contribution in [-0.2, 0) is 4.57 Å². The lowest BCUT2D eigenvalue weighted by Gasteiger charge is -2.21. The van der Waals surface area contributed by atoms with Gasteiger partial charge < -0.3 is 14.0 Å². The molecule has 3 aromatic carbocycles. The van der Waals surface area contributed by atoms with E-state index in [2.05, 4.69) is 15.9 Å². The molecule has 0 saturated carbocycles. The molecular formula is C22H15BrCl3O5P. The number of benzene rings is 3. The van der Waals surface area contributed by atoms with Crippen LogP contribution < -0.4 is 14.8 Å². The maximum atomic E-state index is 14.5. The minimum absolute atomic E-state index is 0.00573. The zero-order valence-corrected chi connectivity index (χ0v) is 21.4. The van der Waals surface area contributed by atoms with E-state index < -0.39 is 18.2 Å². The van der Waals surface area contributed by atoms with E-state index in [1.54, 1.807) is 18.2 Å². The van der Waals surface area contributed by atoms with E-state index in [1.165, 1.54) is 50.6 Å². The van der Waals surface area contributed by atoms with Crippen molar-refractivity contribution in [2.24, 2.45) is 0 Å². The van der Waals surface area contributed by atoms with Gasteiger partial charge in [-0.15, -0.1) is 0 Å². The van der Waals surface area contributed by atoms with Gasteiger partial charge in [-0.1, -0.05) is 71.2 Å². The summed E-state index contributed by atoms with van der Waals surface area (Å²) in [5, 5.41) is 0.00729. The molecule has 166 valence electrons. The summed E-state index contributed by atoms with van der Waals surface area (Å²) >= 11 is 22.0. The minimum atomic E-state index is -4.56. The number of carbonyl (C=O) groups is 2. The van der Waals surface area contributed by atoms with Gasteiger partial charge in [0.15, 0.2) is 5.75 Å². The molecule has 3 aromatic rings. The van der Waals surface area contributed by atoms with Crippen LogP contribution in [0.2, 0.25) is 15.1 Å². The largest absolute Gasteiger partial charge is 0.495 e. The summed E-state index contributed by atoms with van der Waals surface area (Å²) in [6.07, 6.45) is 0. The Bertz CT molecular complexity index is 1220. The summed E-state index contributed by atoms with van der Waals surface area (Å²) in [5.41, 5.74) is -2.49. The zero-order valence-electron chi connectivity index (χ0n) is 16.7. The van der Waals surface area contributed by atoms with E-state index in [4.69, 9.17) is 44.3 Å². The van der Waals surface area contributed by atoms with Crippen molar-refractivity contribution in [2.75, 3.05) is 14.2 Å². The average molecular weight is 577 g/mol. The van der Waals surface area contributed by atoms with Crippen LogP contribution >= 0.6 is 57.9 Å². The topological polar surface area (TPSA) is 69.7 Å². The summed E-state index contributed by atoms with van der Waals surface area (Å²) in [6, 6.07) is 13.5. The van der Waals surface area contributed by atoms with Crippen molar-refractivity contribution in [1.82, 2.24) is 0 Å². The van der Waals surface area contributed by atoms with Gasteiger partial charge in [0.25, 0.3) is 0 Å². The standard InChI is InChI=1S/C22H15BrCl3O5P/c1-30-19-13(23)11-16(26)20(31-2)18(19)22(28)32(29,12-7-4-3-5-8-12)21(27)17-14(24)9-6-10-15(17)25/h3-11H,1-2H3. The fraction of sp³-hybridized carbons (Fsp3) is 0.0909. The van der Waals surface area contributed by atoms with E-state index in [9.17, 15) is 14.2 Å². The molecule has 0 N–H and O–H groups in total. The van der Waals surface area contributed by atoms with Gasteiger partial charge in [0.05, 0.1) is 39.3 Å². The molecule has 1 atom stereocenters. The second-order valence-corrected chi connectivity index (χ2v) is 11.1. The molecule has 3 rings (SSSR count). The summed E-state index contributed by atoms with van der Waals surface area (Å²) in [6.45, 7) is 0. The lowest BCUT2D eigenvalue weighted by Crippen LogP contribution is -2.22. The van der Waals surface area contributed by atoms with Gasteiger partial charge >= 0.3 is 0 Å². The first-order valence-corrected chi connectivity index (χ1v) is 12.6. The summed E-state index contributed by atoms with van der Waals surface area (Å²) in [7, 11) is -1.94. The monoisotopic (exact) mass is 574 g/mol. The normalized spacial score (nSPS) is 12.7. The van der Waals surface area contributed by atoms with Crippen LogP contribution in [0.1, 0.15) is 20.7 Å². The highest BCUT2D eigenvalue weighted by Gasteiger charge is 2.47. The van der Waals surface area contributed by atoms with Gasteiger partial charge in [-0.05, 0) is 34.1 Å². The first-order chi connectivity index (χ1) is 15.2. The first kappa shape index (κ1) is 24.8. The Balaban J connectivity index is 2.39. The number of hydrogen-bond acceptors (Lipinski definition) is 5. The summed E-state index contributed by atoms with van der Waals surface area (Å²) < 4.78 is 25.5. The van der Waals surface area contributed by atoms with Crippen molar-refractivity contribution in [2.45, 2.75) is 0 Å². The van der Waals surface area contributed by atoms with Crippen molar-refractivity contribution in [3.05, 3.63) is 85.3 Å². The maximum absolute atomic E-state index is 14.5. The Kier molecular flexibility index (Phi) is 7.74. The molecule has 0 aliphatic carbocycles. The zero-order chi connectivity index (χ0) is 23.6. The highest BCUT2D eigenvalue weighted by atomic mass is 79.9. The number of halogens is 4. The van der Waals surface area contributed by atoms with E-state index in [-0.39, 0.29) is 43.0 Å². The van der Waals surface area contributed by atoms with Crippen LogP contribution in [0.5, 0.6) is 11.5 Å². The SMILES string of the molecule is COc1c(Cl)cc(Br)c(OC)c1C(=O)P(=O)(C(=O)c1c(Cl)cccc1Cl)c1ccccc1. The fourth-order valence-electron chi connectivity index (χ4n) is 3.16. The molecule has 0 amide bonds. The van der Waals surface area contributed by atoms with Crippen LogP contribution in [0.25, 0.3) is 0 Å². The number of methoxy groups -OCH3 is 2. The van der Waals surface area contributed by atoms with Crippen LogP contribution in [0.4, 0.5) is 0 Å². The molecule has 0 aromatic heterocycles. The van der Waals surface area contributed by atoms with Crippen LogP contribution in [-0.4, -0.2) is 25.3 Å². The molecule has 0 radical (unpaired) electrons. The van der Waals surface area contributed by atoms with Crippen LogP contribution in [0.3, 0.4) is 0 Å². The van der Waals surface area contributed by atoms with Gasteiger partial charge in [0.2, 0.25) is 18.2 Å². The van der Waals surface area contributed by atoms with Gasteiger partial charge in [-0.2, -0.15) is 0 Å². The number of carbonyl (C=O) groups excluding carboxylic acids is 2. The second-order valence-electron chi connectivity index (χ2n) is 6.43. The third-order valence-corrected chi connectivity index (χ3v) is 8.75. The third-order valence-electron chi connectivity index (χ3n) is 4.63. The number of ether oxygens (including phenoxy) is 2. The Hall–Kier alpha value is -1.82. The molecule has 32 heavy (non-hydrogen) atoms. The van der Waals surface area contributed by atoms with Crippen molar-refractivity contribution < 1.29 is 23.6 Å².